The van der Waals surface area contributed by atoms with E-state index in [0.29, 0.717) is 13.0 Å². The second-order valence-electron chi connectivity index (χ2n) is 5.61. The molecule has 8 nitrogen and oxygen atoms in total. The van der Waals surface area contributed by atoms with Crippen LogP contribution in [0.2, 0.25) is 0 Å². The third-order valence-electron chi connectivity index (χ3n) is 4.12. The molecule has 0 radical (unpaired) electrons. The van der Waals surface area contributed by atoms with E-state index < -0.39 is 22.4 Å². The summed E-state index contributed by atoms with van der Waals surface area (Å²) in [6, 6.07) is 1.22. The Morgan fingerprint density at radius 1 is 1.65 bits per heavy atom. The molecule has 0 amide bonds. The summed E-state index contributed by atoms with van der Waals surface area (Å²) in [4.78, 5) is 4.31. The summed E-state index contributed by atoms with van der Waals surface area (Å²) in [6.07, 6.45) is 3.86. The Balaban J connectivity index is 2.13. The number of aromatic nitrogens is 2. The van der Waals surface area contributed by atoms with Gasteiger partial charge < -0.3 is 9.30 Å². The molecule has 0 saturated carbocycles. The smallest absolute Gasteiger partial charge is 0.279 e. The predicted octanol–water partition coefficient (Wildman–Crippen LogP) is 0.801. The standard InChI is InChI=1S/C14H23N5O3S/c1-4-19-9-8-16-14(19)13-12(6-10-22-13)17-23(20,21)18(3)11(2)5-7-15/h8-9,11-13,17H,4-6,10H2,1-3H3/t11-,12-,13-/m0/s1. The van der Waals surface area contributed by atoms with E-state index in [9.17, 15) is 8.42 Å². The highest BCUT2D eigenvalue weighted by Crippen LogP contribution is 2.29. The van der Waals surface area contributed by atoms with Crippen molar-refractivity contribution in [2.24, 2.45) is 0 Å². The van der Waals surface area contributed by atoms with Crippen LogP contribution in [0.1, 0.15) is 38.6 Å². The Morgan fingerprint density at radius 2 is 2.39 bits per heavy atom. The fraction of sp³-hybridized carbons (Fsp3) is 0.714. The van der Waals surface area contributed by atoms with Gasteiger partial charge >= 0.3 is 0 Å². The SMILES string of the molecule is CCn1ccnc1[C@H]1OCC[C@@H]1NS(=O)(=O)N(C)[C@@H](C)CC#N. The number of rotatable bonds is 7. The van der Waals surface area contributed by atoms with Crippen LogP contribution in [0.3, 0.4) is 0 Å². The van der Waals surface area contributed by atoms with Crippen molar-refractivity contribution in [1.29, 1.82) is 5.26 Å². The van der Waals surface area contributed by atoms with E-state index >= 15 is 0 Å². The van der Waals surface area contributed by atoms with Crippen molar-refractivity contribution in [1.82, 2.24) is 18.6 Å². The van der Waals surface area contributed by atoms with Crippen molar-refractivity contribution in [2.45, 2.75) is 51.4 Å². The average Bonchev–Trinajstić information content (AvgIpc) is 3.14. The second-order valence-corrected chi connectivity index (χ2v) is 7.37. The van der Waals surface area contributed by atoms with E-state index in [0.717, 1.165) is 12.4 Å². The zero-order valence-electron chi connectivity index (χ0n) is 13.6. The molecule has 0 unspecified atom stereocenters. The summed E-state index contributed by atoms with van der Waals surface area (Å²) in [6.45, 7) is 4.92. The fourth-order valence-corrected chi connectivity index (χ4v) is 3.92. The molecule has 23 heavy (non-hydrogen) atoms. The maximum absolute atomic E-state index is 12.5. The molecule has 1 aliphatic heterocycles. The average molecular weight is 341 g/mol. The minimum Gasteiger partial charge on any atom is -0.369 e. The summed E-state index contributed by atoms with van der Waals surface area (Å²) in [5.41, 5.74) is 0. The Morgan fingerprint density at radius 3 is 3.04 bits per heavy atom. The molecule has 0 aliphatic carbocycles. The first-order chi connectivity index (χ1) is 10.9. The lowest BCUT2D eigenvalue weighted by atomic mass is 10.1. The number of aryl methyl sites for hydroxylation is 1. The van der Waals surface area contributed by atoms with Gasteiger partial charge in [0.1, 0.15) is 11.9 Å². The van der Waals surface area contributed by atoms with Crippen molar-refractivity contribution in [3.05, 3.63) is 18.2 Å². The molecule has 1 saturated heterocycles. The molecule has 3 atom stereocenters. The molecule has 0 aromatic carbocycles. The maximum Gasteiger partial charge on any atom is 0.279 e. The van der Waals surface area contributed by atoms with E-state index in [4.69, 9.17) is 10.00 Å². The number of ether oxygens (including phenoxy) is 1. The monoisotopic (exact) mass is 341 g/mol. The molecule has 9 heteroatoms. The van der Waals surface area contributed by atoms with Gasteiger partial charge in [-0.3, -0.25) is 0 Å². The first kappa shape index (κ1) is 17.9. The molecule has 1 fully saturated rings. The lowest BCUT2D eigenvalue weighted by Crippen LogP contribution is -2.47. The van der Waals surface area contributed by atoms with E-state index in [2.05, 4.69) is 9.71 Å². The number of nitrogens with one attached hydrogen (secondary N) is 1. The summed E-state index contributed by atoms with van der Waals surface area (Å²) in [5, 5.41) is 8.74. The lowest BCUT2D eigenvalue weighted by molar-refractivity contribution is 0.0922. The zero-order valence-corrected chi connectivity index (χ0v) is 14.5. The highest BCUT2D eigenvalue weighted by molar-refractivity contribution is 7.87. The normalized spacial score (nSPS) is 23.1. The van der Waals surface area contributed by atoms with Gasteiger partial charge in [0.25, 0.3) is 10.2 Å². The molecule has 0 bridgehead atoms. The first-order valence-electron chi connectivity index (χ1n) is 7.65. The van der Waals surface area contributed by atoms with E-state index in [1.165, 1.54) is 11.4 Å². The predicted molar refractivity (Wildman–Crippen MR) is 84.5 cm³/mol. The zero-order chi connectivity index (χ0) is 17.0. The summed E-state index contributed by atoms with van der Waals surface area (Å²) in [7, 11) is -2.22. The number of imidazole rings is 1. The van der Waals surface area contributed by atoms with Gasteiger partial charge in [-0.05, 0) is 20.3 Å². The molecule has 2 rings (SSSR count). The fourth-order valence-electron chi connectivity index (χ4n) is 2.58. The third-order valence-corrected chi connectivity index (χ3v) is 5.84. The van der Waals surface area contributed by atoms with Crippen molar-refractivity contribution < 1.29 is 13.2 Å². The van der Waals surface area contributed by atoms with Gasteiger partial charge in [0, 0.05) is 38.6 Å². The minimum atomic E-state index is -3.69. The van der Waals surface area contributed by atoms with Crippen LogP contribution in [0.25, 0.3) is 0 Å². The Kier molecular flexibility index (Phi) is 5.75. The van der Waals surface area contributed by atoms with Gasteiger partial charge in [0.05, 0.1) is 18.5 Å². The van der Waals surface area contributed by atoms with E-state index in [1.54, 1.807) is 13.1 Å². The Labute approximate surface area is 137 Å². The molecular weight excluding hydrogens is 318 g/mol. The van der Waals surface area contributed by atoms with Crippen molar-refractivity contribution >= 4 is 10.2 Å². The molecule has 1 aromatic heterocycles. The van der Waals surface area contributed by atoms with Crippen molar-refractivity contribution in [3.63, 3.8) is 0 Å². The molecule has 1 aliphatic rings. The topological polar surface area (TPSA) is 100 Å². The largest absolute Gasteiger partial charge is 0.369 e. The van der Waals surface area contributed by atoms with Crippen LogP contribution in [-0.2, 0) is 21.5 Å². The molecule has 1 aromatic rings. The highest BCUT2D eigenvalue weighted by Gasteiger charge is 2.37. The van der Waals surface area contributed by atoms with Crippen molar-refractivity contribution in [3.8, 4) is 6.07 Å². The molecule has 128 valence electrons. The summed E-state index contributed by atoms with van der Waals surface area (Å²) < 4.78 is 36.5. The summed E-state index contributed by atoms with van der Waals surface area (Å²) >= 11 is 0. The Bertz CT molecular complexity index is 666. The van der Waals surface area contributed by atoms with Crippen molar-refractivity contribution in [2.75, 3.05) is 13.7 Å². The van der Waals surface area contributed by atoms with Gasteiger partial charge in [0.15, 0.2) is 0 Å². The summed E-state index contributed by atoms with van der Waals surface area (Å²) in [5.74, 6) is 0.727. The van der Waals surface area contributed by atoms with E-state index in [-0.39, 0.29) is 12.5 Å². The van der Waals surface area contributed by atoms with Crippen LogP contribution >= 0.6 is 0 Å². The van der Waals surface area contributed by atoms with Crippen LogP contribution in [-0.4, -0.2) is 48.0 Å². The molecule has 0 spiro atoms. The number of hydrogen-bond acceptors (Lipinski definition) is 5. The third kappa shape index (κ3) is 3.90. The first-order valence-corrected chi connectivity index (χ1v) is 9.09. The van der Waals surface area contributed by atoms with Crippen LogP contribution in [0.4, 0.5) is 0 Å². The van der Waals surface area contributed by atoms with Crippen LogP contribution in [0.5, 0.6) is 0 Å². The van der Waals surface area contributed by atoms with E-state index in [1.807, 2.05) is 23.8 Å². The highest BCUT2D eigenvalue weighted by atomic mass is 32.2. The number of nitriles is 1. The van der Waals surface area contributed by atoms with Gasteiger partial charge in [-0.15, -0.1) is 0 Å². The molecule has 2 heterocycles. The van der Waals surface area contributed by atoms with Gasteiger partial charge in [-0.2, -0.15) is 22.7 Å². The molecule has 1 N–H and O–H groups in total. The Hall–Kier alpha value is -1.47. The quantitative estimate of drug-likeness (QED) is 0.791. The van der Waals surface area contributed by atoms with Crippen LogP contribution in [0, 0.1) is 11.3 Å². The van der Waals surface area contributed by atoms with Gasteiger partial charge in [0.2, 0.25) is 0 Å². The minimum absolute atomic E-state index is 0.141. The number of nitrogens with zero attached hydrogens (tertiary/aromatic N) is 4. The molecular formula is C14H23N5O3S. The maximum atomic E-state index is 12.5. The second kappa shape index (κ2) is 7.40. The van der Waals surface area contributed by atoms with Gasteiger partial charge in [-0.1, -0.05) is 0 Å². The van der Waals surface area contributed by atoms with Crippen LogP contribution in [0.15, 0.2) is 12.4 Å². The van der Waals surface area contributed by atoms with Gasteiger partial charge in [-0.25, -0.2) is 4.98 Å². The number of hydrogen-bond donors (Lipinski definition) is 1. The van der Waals surface area contributed by atoms with Crippen LogP contribution < -0.4 is 4.72 Å². The lowest BCUT2D eigenvalue weighted by Gasteiger charge is -2.26.